The highest BCUT2D eigenvalue weighted by Crippen LogP contribution is 2.20. The van der Waals surface area contributed by atoms with E-state index in [9.17, 15) is 0 Å². The molecule has 16 heavy (non-hydrogen) atoms. The van der Waals surface area contributed by atoms with Crippen molar-refractivity contribution in [3.8, 4) is 5.75 Å². The van der Waals surface area contributed by atoms with Gasteiger partial charge in [0.1, 0.15) is 5.75 Å². The molecule has 3 nitrogen and oxygen atoms in total. The van der Waals surface area contributed by atoms with Crippen LogP contribution in [0.25, 0.3) is 0 Å². The molecule has 0 aliphatic carbocycles. The molecule has 1 aromatic rings. The van der Waals surface area contributed by atoms with Crippen LogP contribution in [0.1, 0.15) is 24.9 Å². The van der Waals surface area contributed by atoms with Gasteiger partial charge in [0.15, 0.2) is 0 Å². The van der Waals surface area contributed by atoms with Crippen molar-refractivity contribution >= 4 is 0 Å². The molecule has 88 valence electrons. The highest BCUT2D eigenvalue weighted by molar-refractivity contribution is 5.29. The Labute approximate surface area is 97.2 Å². The van der Waals surface area contributed by atoms with Crippen LogP contribution in [0.4, 0.5) is 0 Å². The second-order valence-electron chi connectivity index (χ2n) is 4.26. The SMILES string of the molecule is CCC(NC1CNC1)c1ccc(OC)cc1. The summed E-state index contributed by atoms with van der Waals surface area (Å²) in [4.78, 5) is 0. The van der Waals surface area contributed by atoms with Crippen molar-refractivity contribution in [3.05, 3.63) is 29.8 Å². The fourth-order valence-electron chi connectivity index (χ4n) is 1.98. The van der Waals surface area contributed by atoms with Gasteiger partial charge in [-0.25, -0.2) is 0 Å². The van der Waals surface area contributed by atoms with Crippen molar-refractivity contribution in [2.24, 2.45) is 0 Å². The van der Waals surface area contributed by atoms with Gasteiger partial charge in [-0.05, 0) is 24.1 Å². The Morgan fingerprint density at radius 3 is 2.50 bits per heavy atom. The van der Waals surface area contributed by atoms with E-state index in [4.69, 9.17) is 4.74 Å². The Hall–Kier alpha value is -1.06. The third-order valence-corrected chi connectivity index (χ3v) is 3.14. The molecule has 0 bridgehead atoms. The van der Waals surface area contributed by atoms with Gasteiger partial charge in [0.05, 0.1) is 7.11 Å². The minimum Gasteiger partial charge on any atom is -0.497 e. The first-order chi connectivity index (χ1) is 7.83. The lowest BCUT2D eigenvalue weighted by Gasteiger charge is -2.32. The summed E-state index contributed by atoms with van der Waals surface area (Å²) in [6.45, 7) is 4.40. The molecule has 3 heteroatoms. The molecular weight excluding hydrogens is 200 g/mol. The average molecular weight is 220 g/mol. The zero-order valence-electron chi connectivity index (χ0n) is 9.99. The highest BCUT2D eigenvalue weighted by Gasteiger charge is 2.20. The van der Waals surface area contributed by atoms with E-state index in [0.717, 1.165) is 25.3 Å². The number of nitrogens with one attached hydrogen (secondary N) is 2. The smallest absolute Gasteiger partial charge is 0.118 e. The Morgan fingerprint density at radius 1 is 1.38 bits per heavy atom. The van der Waals surface area contributed by atoms with Gasteiger partial charge < -0.3 is 15.4 Å². The minimum absolute atomic E-state index is 0.456. The second kappa shape index (κ2) is 5.32. The van der Waals surface area contributed by atoms with Gasteiger partial charge in [0.25, 0.3) is 0 Å². The van der Waals surface area contributed by atoms with Gasteiger partial charge in [0, 0.05) is 25.2 Å². The van der Waals surface area contributed by atoms with Crippen LogP contribution in [-0.2, 0) is 0 Å². The zero-order chi connectivity index (χ0) is 11.4. The third kappa shape index (κ3) is 2.54. The molecule has 2 N–H and O–H groups in total. The Morgan fingerprint density at radius 2 is 2.06 bits per heavy atom. The molecule has 1 aliphatic rings. The van der Waals surface area contributed by atoms with Gasteiger partial charge in [-0.15, -0.1) is 0 Å². The first-order valence-corrected chi connectivity index (χ1v) is 5.94. The Balaban J connectivity index is 2.00. The summed E-state index contributed by atoms with van der Waals surface area (Å²) in [6.07, 6.45) is 1.11. The van der Waals surface area contributed by atoms with Gasteiger partial charge in [-0.3, -0.25) is 0 Å². The van der Waals surface area contributed by atoms with Crippen LogP contribution in [0.5, 0.6) is 5.75 Å². The van der Waals surface area contributed by atoms with E-state index in [1.165, 1.54) is 5.56 Å². The molecule has 1 saturated heterocycles. The standard InChI is InChI=1S/C13H20N2O/c1-3-13(15-11-8-14-9-11)10-4-6-12(16-2)7-5-10/h4-7,11,13-15H,3,8-9H2,1-2H3. The Bertz CT molecular complexity index is 319. The maximum absolute atomic E-state index is 5.17. The molecule has 1 atom stereocenters. The van der Waals surface area contributed by atoms with Crippen molar-refractivity contribution in [2.75, 3.05) is 20.2 Å². The van der Waals surface area contributed by atoms with Gasteiger partial charge in [-0.2, -0.15) is 0 Å². The molecule has 0 spiro atoms. The summed E-state index contributed by atoms with van der Waals surface area (Å²) < 4.78 is 5.17. The van der Waals surface area contributed by atoms with Crippen LogP contribution in [0.15, 0.2) is 24.3 Å². The van der Waals surface area contributed by atoms with Crippen molar-refractivity contribution in [2.45, 2.75) is 25.4 Å². The summed E-state index contributed by atoms with van der Waals surface area (Å²) in [5, 5.41) is 6.93. The molecule has 1 unspecified atom stereocenters. The highest BCUT2D eigenvalue weighted by atomic mass is 16.5. The van der Waals surface area contributed by atoms with Gasteiger partial charge in [0.2, 0.25) is 0 Å². The number of rotatable bonds is 5. The maximum Gasteiger partial charge on any atom is 0.118 e. The van der Waals surface area contributed by atoms with E-state index in [-0.39, 0.29) is 0 Å². The van der Waals surface area contributed by atoms with Gasteiger partial charge >= 0.3 is 0 Å². The lowest BCUT2D eigenvalue weighted by molar-refractivity contribution is 0.325. The van der Waals surface area contributed by atoms with Crippen molar-refractivity contribution in [1.29, 1.82) is 0 Å². The number of methoxy groups -OCH3 is 1. The average Bonchev–Trinajstić information content (AvgIpc) is 2.28. The zero-order valence-corrected chi connectivity index (χ0v) is 9.99. The third-order valence-electron chi connectivity index (χ3n) is 3.14. The molecule has 0 aromatic heterocycles. The first kappa shape index (κ1) is 11.4. The molecule has 0 amide bonds. The topological polar surface area (TPSA) is 33.3 Å². The molecule has 1 aliphatic heterocycles. The van der Waals surface area contributed by atoms with E-state index in [1.807, 2.05) is 12.1 Å². The van der Waals surface area contributed by atoms with Crippen LogP contribution < -0.4 is 15.4 Å². The van der Waals surface area contributed by atoms with E-state index in [2.05, 4.69) is 29.7 Å². The lowest BCUT2D eigenvalue weighted by Crippen LogP contribution is -2.56. The van der Waals surface area contributed by atoms with E-state index >= 15 is 0 Å². The van der Waals surface area contributed by atoms with Crippen LogP contribution in [0.3, 0.4) is 0 Å². The van der Waals surface area contributed by atoms with E-state index < -0.39 is 0 Å². The summed E-state index contributed by atoms with van der Waals surface area (Å²) in [5.41, 5.74) is 1.34. The van der Waals surface area contributed by atoms with Crippen molar-refractivity contribution in [1.82, 2.24) is 10.6 Å². The molecule has 2 rings (SSSR count). The van der Waals surface area contributed by atoms with Crippen LogP contribution in [0, 0.1) is 0 Å². The maximum atomic E-state index is 5.17. The quantitative estimate of drug-likeness (QED) is 0.792. The van der Waals surface area contributed by atoms with Crippen molar-refractivity contribution in [3.63, 3.8) is 0 Å². The summed E-state index contributed by atoms with van der Waals surface area (Å²) in [7, 11) is 1.70. The molecule has 0 radical (unpaired) electrons. The largest absolute Gasteiger partial charge is 0.497 e. The van der Waals surface area contributed by atoms with E-state index in [0.29, 0.717) is 12.1 Å². The predicted octanol–water partition coefficient (Wildman–Crippen LogP) is 1.71. The summed E-state index contributed by atoms with van der Waals surface area (Å²) >= 11 is 0. The van der Waals surface area contributed by atoms with E-state index in [1.54, 1.807) is 7.11 Å². The fraction of sp³-hybridized carbons (Fsp3) is 0.538. The lowest BCUT2D eigenvalue weighted by atomic mass is 10.0. The van der Waals surface area contributed by atoms with Crippen LogP contribution in [0.2, 0.25) is 0 Å². The summed E-state index contributed by atoms with van der Waals surface area (Å²) in [5.74, 6) is 0.920. The second-order valence-corrected chi connectivity index (χ2v) is 4.26. The summed E-state index contributed by atoms with van der Waals surface area (Å²) in [6, 6.07) is 9.43. The van der Waals surface area contributed by atoms with Gasteiger partial charge in [-0.1, -0.05) is 19.1 Å². The number of benzene rings is 1. The normalized spacial score (nSPS) is 17.9. The molecule has 0 saturated carbocycles. The molecular formula is C13H20N2O. The molecule has 1 heterocycles. The van der Waals surface area contributed by atoms with Crippen LogP contribution in [-0.4, -0.2) is 26.2 Å². The number of hydrogen-bond acceptors (Lipinski definition) is 3. The minimum atomic E-state index is 0.456. The van der Waals surface area contributed by atoms with Crippen molar-refractivity contribution < 1.29 is 4.74 Å². The van der Waals surface area contributed by atoms with Crippen LogP contribution >= 0.6 is 0 Å². The molecule has 1 fully saturated rings. The monoisotopic (exact) mass is 220 g/mol. The number of hydrogen-bond donors (Lipinski definition) is 2. The first-order valence-electron chi connectivity index (χ1n) is 5.94. The fourth-order valence-corrected chi connectivity index (χ4v) is 1.98. The molecule has 1 aromatic carbocycles. The number of ether oxygens (including phenoxy) is 1. The Kier molecular flexibility index (Phi) is 3.80. The predicted molar refractivity (Wildman–Crippen MR) is 65.8 cm³/mol.